The van der Waals surface area contributed by atoms with Crippen molar-refractivity contribution >= 4 is 29.9 Å². The Morgan fingerprint density at radius 3 is 2.45 bits per heavy atom. The van der Waals surface area contributed by atoms with E-state index >= 15 is 0 Å². The van der Waals surface area contributed by atoms with E-state index in [0.29, 0.717) is 12.0 Å². The summed E-state index contributed by atoms with van der Waals surface area (Å²) >= 11 is 0. The first-order valence-corrected chi connectivity index (χ1v) is 11.2. The highest BCUT2D eigenvalue weighted by Crippen LogP contribution is 2.25. The number of guanidine groups is 1. The Kier molecular flexibility index (Phi) is 10.2. The van der Waals surface area contributed by atoms with Crippen molar-refractivity contribution in [1.29, 1.82) is 0 Å². The van der Waals surface area contributed by atoms with E-state index in [-0.39, 0.29) is 29.5 Å². The summed E-state index contributed by atoms with van der Waals surface area (Å²) in [6.45, 7) is 9.59. The summed E-state index contributed by atoms with van der Waals surface area (Å²) in [6.07, 6.45) is 5.83. The quantitative estimate of drug-likeness (QED) is 0.268. The molecule has 1 atom stereocenters. The summed E-state index contributed by atoms with van der Waals surface area (Å²) in [5.74, 6) is 2.46. The number of nitrogens with zero attached hydrogens (tertiary/aromatic N) is 4. The fraction of sp³-hybridized carbons (Fsp3) is 0.609. The Balaban J connectivity index is 0.00000341. The van der Waals surface area contributed by atoms with Gasteiger partial charge in [-0.2, -0.15) is 5.10 Å². The fourth-order valence-electron chi connectivity index (χ4n) is 4.40. The van der Waals surface area contributed by atoms with Gasteiger partial charge in [-0.1, -0.05) is 44.2 Å². The smallest absolute Gasteiger partial charge is 0.193 e. The molecule has 8 heteroatoms. The molecule has 172 valence electrons. The number of nitrogens with one attached hydrogen (secondary N) is 3. The maximum Gasteiger partial charge on any atom is 0.193 e. The number of aliphatic imine (C=N–C) groups is 1. The molecule has 1 saturated heterocycles. The van der Waals surface area contributed by atoms with E-state index in [1.54, 1.807) is 6.33 Å². The van der Waals surface area contributed by atoms with E-state index in [1.807, 2.05) is 7.05 Å². The lowest BCUT2D eigenvalue weighted by Gasteiger charge is -2.39. The van der Waals surface area contributed by atoms with Crippen molar-refractivity contribution in [3.05, 3.63) is 48.0 Å². The molecule has 7 nitrogen and oxygen atoms in total. The maximum absolute atomic E-state index is 4.58. The molecular formula is C23H38IN7. The third-order valence-corrected chi connectivity index (χ3v) is 6.59. The van der Waals surface area contributed by atoms with Crippen LogP contribution >= 0.6 is 24.0 Å². The summed E-state index contributed by atoms with van der Waals surface area (Å²) in [5.41, 5.74) is 1.34. The Morgan fingerprint density at radius 1 is 1.23 bits per heavy atom. The Bertz CT molecular complexity index is 766. The number of benzene rings is 1. The number of halogens is 1. The van der Waals surface area contributed by atoms with Crippen molar-refractivity contribution in [1.82, 2.24) is 30.7 Å². The summed E-state index contributed by atoms with van der Waals surface area (Å²) in [5, 5.41) is 14.6. The lowest BCUT2D eigenvalue weighted by atomic mass is 9.90. The van der Waals surface area contributed by atoms with Gasteiger partial charge in [-0.05, 0) is 38.2 Å². The van der Waals surface area contributed by atoms with Crippen molar-refractivity contribution in [3.63, 3.8) is 0 Å². The topological polar surface area (TPSA) is 81.2 Å². The van der Waals surface area contributed by atoms with Crippen LogP contribution in [-0.2, 0) is 0 Å². The van der Waals surface area contributed by atoms with E-state index < -0.39 is 0 Å². The molecule has 0 spiro atoms. The fourth-order valence-corrected chi connectivity index (χ4v) is 4.40. The van der Waals surface area contributed by atoms with Crippen LogP contribution < -0.4 is 10.6 Å². The first-order valence-electron chi connectivity index (χ1n) is 11.2. The van der Waals surface area contributed by atoms with Crippen LogP contribution in [0.4, 0.5) is 0 Å². The molecule has 1 fully saturated rings. The monoisotopic (exact) mass is 539 g/mol. The Hall–Kier alpha value is -1.68. The molecular weight excluding hydrogens is 501 g/mol. The molecule has 2 heterocycles. The molecule has 0 bridgehead atoms. The van der Waals surface area contributed by atoms with Crippen LogP contribution in [0.2, 0.25) is 0 Å². The highest BCUT2D eigenvalue weighted by molar-refractivity contribution is 14.0. The van der Waals surface area contributed by atoms with Gasteiger partial charge in [0.25, 0.3) is 0 Å². The number of H-pyrrole nitrogens is 1. The molecule has 1 aromatic heterocycles. The highest BCUT2D eigenvalue weighted by Gasteiger charge is 2.30. The number of likely N-dealkylation sites (tertiary alicyclic amines) is 1. The van der Waals surface area contributed by atoms with Gasteiger partial charge in [-0.25, -0.2) is 4.98 Å². The second kappa shape index (κ2) is 12.4. The van der Waals surface area contributed by atoms with Gasteiger partial charge in [0.2, 0.25) is 0 Å². The van der Waals surface area contributed by atoms with E-state index in [9.17, 15) is 0 Å². The van der Waals surface area contributed by atoms with Crippen molar-refractivity contribution < 1.29 is 0 Å². The van der Waals surface area contributed by atoms with Gasteiger partial charge in [-0.15, -0.1) is 24.0 Å². The van der Waals surface area contributed by atoms with Gasteiger partial charge in [0.1, 0.15) is 12.2 Å². The van der Waals surface area contributed by atoms with Gasteiger partial charge in [-0.3, -0.25) is 10.1 Å². The van der Waals surface area contributed by atoms with Gasteiger partial charge >= 0.3 is 0 Å². The average Bonchev–Trinajstić information content (AvgIpc) is 3.34. The van der Waals surface area contributed by atoms with E-state index in [0.717, 1.165) is 57.1 Å². The molecule has 0 aliphatic carbocycles. The third kappa shape index (κ3) is 6.65. The number of piperidine rings is 1. The molecule has 1 aliphatic rings. The lowest BCUT2D eigenvalue weighted by molar-refractivity contribution is 0.259. The number of hydrogen-bond acceptors (Lipinski definition) is 4. The molecule has 31 heavy (non-hydrogen) atoms. The van der Waals surface area contributed by atoms with E-state index in [1.165, 1.54) is 5.56 Å². The minimum Gasteiger partial charge on any atom is -0.354 e. The van der Waals surface area contributed by atoms with Gasteiger partial charge in [0, 0.05) is 44.2 Å². The minimum atomic E-state index is 0. The highest BCUT2D eigenvalue weighted by atomic mass is 127. The molecule has 0 saturated carbocycles. The van der Waals surface area contributed by atoms with Crippen molar-refractivity contribution in [3.8, 4) is 0 Å². The molecule has 1 aliphatic heterocycles. The number of rotatable bonds is 8. The zero-order valence-electron chi connectivity index (χ0n) is 19.3. The van der Waals surface area contributed by atoms with Crippen LogP contribution in [0.3, 0.4) is 0 Å². The molecule has 3 N–H and O–H groups in total. The number of aromatic amines is 1. The van der Waals surface area contributed by atoms with Crippen LogP contribution in [-0.4, -0.2) is 58.3 Å². The van der Waals surface area contributed by atoms with Crippen LogP contribution in [0, 0.1) is 0 Å². The van der Waals surface area contributed by atoms with Crippen LogP contribution in [0.5, 0.6) is 0 Å². The summed E-state index contributed by atoms with van der Waals surface area (Å²) in [4.78, 5) is 11.3. The normalized spacial score (nSPS) is 16.6. The molecule has 2 aromatic rings. The first kappa shape index (κ1) is 25.6. The third-order valence-electron chi connectivity index (χ3n) is 6.59. The molecule has 3 rings (SSSR count). The SMILES string of the molecule is CCC(CC)(CNC(=NC)N1CCC(c2ncn[nH]2)CC1)NC(C)c1ccccc1.I. The Labute approximate surface area is 203 Å². The van der Waals surface area contributed by atoms with Gasteiger partial charge in [0.05, 0.1) is 0 Å². The molecule has 0 radical (unpaired) electrons. The van der Waals surface area contributed by atoms with Crippen LogP contribution in [0.25, 0.3) is 0 Å². The minimum absolute atomic E-state index is 0. The van der Waals surface area contributed by atoms with Crippen molar-refractivity contribution in [2.24, 2.45) is 4.99 Å². The standard InChI is InChI=1S/C23H37N7.HI/c1-5-23(6-2,28-18(3)19-10-8-7-9-11-19)16-25-22(24-4)30-14-12-20(13-15-30)21-26-17-27-29-21;/h7-11,17-18,20,28H,5-6,12-16H2,1-4H3,(H,24,25)(H,26,27,29);1H. The van der Waals surface area contributed by atoms with E-state index in [4.69, 9.17) is 0 Å². The number of hydrogen-bond donors (Lipinski definition) is 3. The zero-order chi connectivity index (χ0) is 21.4. The van der Waals surface area contributed by atoms with Crippen LogP contribution in [0.15, 0.2) is 41.7 Å². The second-order valence-corrected chi connectivity index (χ2v) is 8.30. The number of aromatic nitrogens is 3. The first-order chi connectivity index (χ1) is 14.6. The summed E-state index contributed by atoms with van der Waals surface area (Å²) in [7, 11) is 1.88. The predicted molar refractivity (Wildman–Crippen MR) is 138 cm³/mol. The summed E-state index contributed by atoms with van der Waals surface area (Å²) < 4.78 is 0. The van der Waals surface area contributed by atoms with Gasteiger partial charge < -0.3 is 15.5 Å². The largest absolute Gasteiger partial charge is 0.354 e. The van der Waals surface area contributed by atoms with Crippen molar-refractivity contribution in [2.45, 2.75) is 64.0 Å². The van der Waals surface area contributed by atoms with Gasteiger partial charge in [0.15, 0.2) is 5.96 Å². The molecule has 1 aromatic carbocycles. The predicted octanol–water partition coefficient (Wildman–Crippen LogP) is 4.09. The maximum atomic E-state index is 4.58. The average molecular weight is 540 g/mol. The zero-order valence-corrected chi connectivity index (χ0v) is 21.6. The van der Waals surface area contributed by atoms with Crippen molar-refractivity contribution in [2.75, 3.05) is 26.7 Å². The molecule has 0 amide bonds. The Morgan fingerprint density at radius 2 is 1.90 bits per heavy atom. The molecule has 1 unspecified atom stereocenters. The second-order valence-electron chi connectivity index (χ2n) is 8.30. The summed E-state index contributed by atoms with van der Waals surface area (Å²) in [6, 6.07) is 11.0. The van der Waals surface area contributed by atoms with Crippen LogP contribution in [0.1, 0.15) is 69.8 Å². The van der Waals surface area contributed by atoms with E-state index in [2.05, 4.69) is 86.8 Å². The lowest BCUT2D eigenvalue weighted by Crippen LogP contribution is -2.56.